The van der Waals surface area contributed by atoms with Crippen LogP contribution in [0.4, 0.5) is 0 Å². The van der Waals surface area contributed by atoms with Gasteiger partial charge in [-0.25, -0.2) is 0 Å². The second-order valence-corrected chi connectivity index (χ2v) is 5.35. The minimum absolute atomic E-state index is 0.0388. The van der Waals surface area contributed by atoms with E-state index in [1.54, 1.807) is 6.08 Å². The molecule has 0 amide bonds. The van der Waals surface area contributed by atoms with Crippen molar-refractivity contribution in [1.82, 2.24) is 0 Å². The van der Waals surface area contributed by atoms with Crippen molar-refractivity contribution in [1.29, 1.82) is 0 Å². The monoisotopic (exact) mass is 230 g/mol. The van der Waals surface area contributed by atoms with Crippen molar-refractivity contribution < 1.29 is 20.4 Å². The number of aliphatic hydroxyl groups is 4. The Kier molecular flexibility index (Phi) is 3.67. The molecule has 4 nitrogen and oxygen atoms in total. The molecule has 0 aliphatic heterocycles. The molecule has 1 aliphatic carbocycles. The van der Waals surface area contributed by atoms with Crippen LogP contribution < -0.4 is 0 Å². The van der Waals surface area contributed by atoms with Gasteiger partial charge in [0.25, 0.3) is 0 Å². The molecule has 1 rings (SSSR count). The Hall–Kier alpha value is -0.580. The molecule has 0 saturated heterocycles. The molecule has 4 unspecified atom stereocenters. The lowest BCUT2D eigenvalue weighted by atomic mass is 9.55. The standard InChI is InChI=1S/C12H22O4/c1-8-11(2,6-14)4-10(16)9(5-13)12(8,3)7-15/h4,8-9,13-16H,5-7H2,1-3H3. The molecule has 0 radical (unpaired) electrons. The van der Waals surface area contributed by atoms with E-state index in [0.717, 1.165) is 0 Å². The molecule has 0 heterocycles. The summed E-state index contributed by atoms with van der Waals surface area (Å²) in [6.45, 7) is 5.17. The Labute approximate surface area is 96.2 Å². The molecule has 0 aromatic heterocycles. The van der Waals surface area contributed by atoms with Crippen molar-refractivity contribution in [3.05, 3.63) is 11.8 Å². The van der Waals surface area contributed by atoms with E-state index in [9.17, 15) is 20.4 Å². The van der Waals surface area contributed by atoms with E-state index in [0.29, 0.717) is 0 Å². The molecule has 1 aliphatic rings. The highest BCUT2D eigenvalue weighted by Gasteiger charge is 2.51. The first kappa shape index (κ1) is 13.5. The summed E-state index contributed by atoms with van der Waals surface area (Å²) < 4.78 is 0. The number of rotatable bonds is 3. The first-order valence-electron chi connectivity index (χ1n) is 5.60. The maximum Gasteiger partial charge on any atom is 0.0949 e. The Morgan fingerprint density at radius 3 is 2.12 bits per heavy atom. The molecule has 4 atom stereocenters. The summed E-state index contributed by atoms with van der Waals surface area (Å²) >= 11 is 0. The van der Waals surface area contributed by atoms with E-state index in [4.69, 9.17) is 0 Å². The maximum absolute atomic E-state index is 9.90. The minimum Gasteiger partial charge on any atom is -0.512 e. The summed E-state index contributed by atoms with van der Waals surface area (Å²) in [6.07, 6.45) is 1.61. The van der Waals surface area contributed by atoms with E-state index < -0.39 is 16.7 Å². The molecule has 0 aromatic rings. The van der Waals surface area contributed by atoms with E-state index in [1.807, 2.05) is 20.8 Å². The molecule has 0 fully saturated rings. The molecule has 0 saturated carbocycles. The van der Waals surface area contributed by atoms with E-state index >= 15 is 0 Å². The molecule has 94 valence electrons. The van der Waals surface area contributed by atoms with Gasteiger partial charge in [-0.1, -0.05) is 20.8 Å². The Morgan fingerprint density at radius 2 is 1.75 bits per heavy atom. The van der Waals surface area contributed by atoms with Gasteiger partial charge in [0.2, 0.25) is 0 Å². The quantitative estimate of drug-likeness (QED) is 0.575. The fourth-order valence-electron chi connectivity index (χ4n) is 2.69. The van der Waals surface area contributed by atoms with Gasteiger partial charge >= 0.3 is 0 Å². The number of hydrogen-bond donors (Lipinski definition) is 4. The van der Waals surface area contributed by atoms with Crippen molar-refractivity contribution >= 4 is 0 Å². The second kappa shape index (κ2) is 4.35. The highest BCUT2D eigenvalue weighted by Crippen LogP contribution is 2.51. The lowest BCUT2D eigenvalue weighted by Crippen LogP contribution is -2.51. The van der Waals surface area contributed by atoms with Gasteiger partial charge in [-0.2, -0.15) is 0 Å². The molecular weight excluding hydrogens is 208 g/mol. The smallest absolute Gasteiger partial charge is 0.0949 e. The largest absolute Gasteiger partial charge is 0.512 e. The van der Waals surface area contributed by atoms with Gasteiger partial charge in [-0.05, 0) is 12.0 Å². The maximum atomic E-state index is 9.90. The van der Waals surface area contributed by atoms with Crippen LogP contribution in [0.5, 0.6) is 0 Å². The molecule has 16 heavy (non-hydrogen) atoms. The average Bonchev–Trinajstić information content (AvgIpc) is 2.26. The highest BCUT2D eigenvalue weighted by atomic mass is 16.3. The summed E-state index contributed by atoms with van der Waals surface area (Å²) in [5, 5.41) is 38.2. The zero-order chi connectivity index (χ0) is 12.6. The summed E-state index contributed by atoms with van der Waals surface area (Å²) in [7, 11) is 0. The number of aliphatic hydroxyl groups excluding tert-OH is 4. The van der Waals surface area contributed by atoms with Crippen molar-refractivity contribution in [3.8, 4) is 0 Å². The number of hydrogen-bond acceptors (Lipinski definition) is 4. The van der Waals surface area contributed by atoms with E-state index in [-0.39, 0.29) is 31.5 Å². The van der Waals surface area contributed by atoms with Crippen LogP contribution in [0.2, 0.25) is 0 Å². The van der Waals surface area contributed by atoms with Crippen LogP contribution in [0.1, 0.15) is 20.8 Å². The average molecular weight is 230 g/mol. The van der Waals surface area contributed by atoms with Crippen LogP contribution in [-0.2, 0) is 0 Å². The van der Waals surface area contributed by atoms with Gasteiger partial charge in [0.05, 0.1) is 19.0 Å². The van der Waals surface area contributed by atoms with Crippen LogP contribution in [0.15, 0.2) is 11.8 Å². The van der Waals surface area contributed by atoms with Crippen LogP contribution in [0, 0.1) is 22.7 Å². The van der Waals surface area contributed by atoms with E-state index in [2.05, 4.69) is 0 Å². The van der Waals surface area contributed by atoms with Gasteiger partial charge in [0.1, 0.15) is 0 Å². The third-order valence-corrected chi connectivity index (χ3v) is 4.47. The lowest BCUT2D eigenvalue weighted by molar-refractivity contribution is -0.0669. The zero-order valence-corrected chi connectivity index (χ0v) is 10.1. The Balaban J connectivity index is 3.25. The summed E-state index contributed by atoms with van der Waals surface area (Å²) in [5.41, 5.74) is -1.18. The lowest BCUT2D eigenvalue weighted by Gasteiger charge is -2.50. The van der Waals surface area contributed by atoms with Crippen LogP contribution >= 0.6 is 0 Å². The Morgan fingerprint density at radius 1 is 1.19 bits per heavy atom. The first-order valence-corrected chi connectivity index (χ1v) is 5.60. The Bertz CT molecular complexity index is 289. The highest BCUT2D eigenvalue weighted by molar-refractivity contribution is 5.18. The van der Waals surface area contributed by atoms with E-state index in [1.165, 1.54) is 0 Å². The van der Waals surface area contributed by atoms with Crippen LogP contribution in [-0.4, -0.2) is 40.2 Å². The fraction of sp³-hybridized carbons (Fsp3) is 0.833. The summed E-state index contributed by atoms with van der Waals surface area (Å²) in [6, 6.07) is 0. The van der Waals surface area contributed by atoms with Crippen molar-refractivity contribution in [2.75, 3.05) is 19.8 Å². The zero-order valence-electron chi connectivity index (χ0n) is 10.1. The summed E-state index contributed by atoms with van der Waals surface area (Å²) in [5.74, 6) is -0.441. The first-order chi connectivity index (χ1) is 7.35. The predicted octanol–water partition coefficient (Wildman–Crippen LogP) is 0.684. The third kappa shape index (κ3) is 1.75. The minimum atomic E-state index is -0.620. The van der Waals surface area contributed by atoms with Crippen LogP contribution in [0.25, 0.3) is 0 Å². The topological polar surface area (TPSA) is 80.9 Å². The van der Waals surface area contributed by atoms with Gasteiger partial charge in [0, 0.05) is 23.4 Å². The molecule has 4 N–H and O–H groups in total. The van der Waals surface area contributed by atoms with Crippen molar-refractivity contribution in [2.24, 2.45) is 22.7 Å². The van der Waals surface area contributed by atoms with Gasteiger partial charge < -0.3 is 20.4 Å². The molecule has 4 heteroatoms. The SMILES string of the molecule is CC1C(C)(CO)C=C(O)C(CO)C1(C)CO. The van der Waals surface area contributed by atoms with Gasteiger partial charge in [-0.3, -0.25) is 0 Å². The molecular formula is C12H22O4. The van der Waals surface area contributed by atoms with Gasteiger partial charge in [0.15, 0.2) is 0 Å². The molecule has 0 aromatic carbocycles. The fourth-order valence-corrected chi connectivity index (χ4v) is 2.69. The van der Waals surface area contributed by atoms with Crippen LogP contribution in [0.3, 0.4) is 0 Å². The second-order valence-electron chi connectivity index (χ2n) is 5.35. The normalized spacial score (nSPS) is 44.2. The molecule has 0 spiro atoms. The third-order valence-electron chi connectivity index (χ3n) is 4.47. The van der Waals surface area contributed by atoms with Gasteiger partial charge in [-0.15, -0.1) is 0 Å². The molecule has 0 bridgehead atoms. The summed E-state index contributed by atoms with van der Waals surface area (Å²) in [4.78, 5) is 0. The van der Waals surface area contributed by atoms with Crippen molar-refractivity contribution in [3.63, 3.8) is 0 Å². The predicted molar refractivity (Wildman–Crippen MR) is 60.8 cm³/mol. The van der Waals surface area contributed by atoms with Crippen molar-refractivity contribution in [2.45, 2.75) is 20.8 Å².